The predicted octanol–water partition coefficient (Wildman–Crippen LogP) is 4.37. The Hall–Kier alpha value is -3.21. The second-order valence-electron chi connectivity index (χ2n) is 6.37. The predicted molar refractivity (Wildman–Crippen MR) is 105 cm³/mol. The standard InChI is InChI=1S/C22H22FN3O/c1-16(18-5-3-2-4-6-18)26-22(27)19-13-21(15-24-14-19)25-12-11-17-7-9-20(23)10-8-17/h2-10,13-16,25H,11-12H2,1H3,(H,26,27). The van der Waals surface area contributed by atoms with Crippen molar-refractivity contribution in [1.82, 2.24) is 10.3 Å². The van der Waals surface area contributed by atoms with Crippen molar-refractivity contribution in [3.05, 3.63) is 95.6 Å². The number of hydrogen-bond donors (Lipinski definition) is 2. The zero-order valence-corrected chi connectivity index (χ0v) is 15.2. The Morgan fingerprint density at radius 1 is 1.07 bits per heavy atom. The van der Waals surface area contributed by atoms with Gasteiger partial charge in [0.1, 0.15) is 5.82 Å². The summed E-state index contributed by atoms with van der Waals surface area (Å²) >= 11 is 0. The molecule has 0 bridgehead atoms. The van der Waals surface area contributed by atoms with Crippen LogP contribution in [-0.4, -0.2) is 17.4 Å². The molecular weight excluding hydrogens is 341 g/mol. The third-order valence-electron chi connectivity index (χ3n) is 4.30. The highest BCUT2D eigenvalue weighted by Gasteiger charge is 2.12. The SMILES string of the molecule is CC(NC(=O)c1cncc(NCCc2ccc(F)cc2)c1)c1ccccc1. The number of hydrogen-bond acceptors (Lipinski definition) is 3. The van der Waals surface area contributed by atoms with Crippen molar-refractivity contribution in [3.8, 4) is 0 Å². The van der Waals surface area contributed by atoms with E-state index in [4.69, 9.17) is 0 Å². The molecule has 0 radical (unpaired) electrons. The van der Waals surface area contributed by atoms with E-state index in [1.54, 1.807) is 30.6 Å². The summed E-state index contributed by atoms with van der Waals surface area (Å²) < 4.78 is 12.9. The van der Waals surface area contributed by atoms with Gasteiger partial charge in [-0.05, 0) is 42.7 Å². The molecule has 0 fully saturated rings. The maximum atomic E-state index is 12.9. The number of amides is 1. The summed E-state index contributed by atoms with van der Waals surface area (Å²) in [6.07, 6.45) is 3.99. The highest BCUT2D eigenvalue weighted by Crippen LogP contribution is 2.14. The molecule has 27 heavy (non-hydrogen) atoms. The maximum Gasteiger partial charge on any atom is 0.253 e. The first-order valence-corrected chi connectivity index (χ1v) is 8.91. The molecule has 0 saturated heterocycles. The second kappa shape index (κ2) is 8.94. The van der Waals surface area contributed by atoms with Gasteiger partial charge in [0, 0.05) is 18.9 Å². The highest BCUT2D eigenvalue weighted by molar-refractivity contribution is 5.94. The van der Waals surface area contributed by atoms with E-state index < -0.39 is 0 Å². The Labute approximate surface area is 158 Å². The molecule has 5 heteroatoms. The average Bonchev–Trinajstić information content (AvgIpc) is 2.70. The van der Waals surface area contributed by atoms with Crippen molar-refractivity contribution in [2.75, 3.05) is 11.9 Å². The molecule has 1 unspecified atom stereocenters. The smallest absolute Gasteiger partial charge is 0.253 e. The van der Waals surface area contributed by atoms with Crippen LogP contribution in [-0.2, 0) is 6.42 Å². The molecule has 2 N–H and O–H groups in total. The summed E-state index contributed by atoms with van der Waals surface area (Å²) in [5, 5.41) is 6.24. The maximum absolute atomic E-state index is 12.9. The fraction of sp³-hybridized carbons (Fsp3) is 0.182. The number of nitrogens with zero attached hydrogens (tertiary/aromatic N) is 1. The Balaban J connectivity index is 1.56. The first-order chi connectivity index (χ1) is 13.1. The van der Waals surface area contributed by atoms with Crippen molar-refractivity contribution in [1.29, 1.82) is 0 Å². The van der Waals surface area contributed by atoms with E-state index in [0.717, 1.165) is 23.2 Å². The number of rotatable bonds is 7. The second-order valence-corrected chi connectivity index (χ2v) is 6.37. The number of carbonyl (C=O) groups is 1. The van der Waals surface area contributed by atoms with E-state index in [1.165, 1.54) is 12.1 Å². The molecule has 1 aromatic heterocycles. The molecule has 0 aliphatic heterocycles. The topological polar surface area (TPSA) is 54.0 Å². The number of benzene rings is 2. The van der Waals surface area contributed by atoms with Crippen molar-refractivity contribution in [2.24, 2.45) is 0 Å². The van der Waals surface area contributed by atoms with Gasteiger partial charge < -0.3 is 10.6 Å². The van der Waals surface area contributed by atoms with Crippen LogP contribution in [0.1, 0.15) is 34.5 Å². The van der Waals surface area contributed by atoms with Crippen molar-refractivity contribution in [3.63, 3.8) is 0 Å². The van der Waals surface area contributed by atoms with E-state index in [0.29, 0.717) is 12.1 Å². The van der Waals surface area contributed by atoms with E-state index in [1.807, 2.05) is 37.3 Å². The summed E-state index contributed by atoms with van der Waals surface area (Å²) in [4.78, 5) is 16.6. The van der Waals surface area contributed by atoms with Crippen LogP contribution in [0.5, 0.6) is 0 Å². The lowest BCUT2D eigenvalue weighted by atomic mass is 10.1. The van der Waals surface area contributed by atoms with Crippen molar-refractivity contribution >= 4 is 11.6 Å². The number of anilines is 1. The highest BCUT2D eigenvalue weighted by atomic mass is 19.1. The lowest BCUT2D eigenvalue weighted by Gasteiger charge is -2.14. The molecule has 1 heterocycles. The first kappa shape index (κ1) is 18.6. The van der Waals surface area contributed by atoms with Gasteiger partial charge in [-0.3, -0.25) is 9.78 Å². The van der Waals surface area contributed by atoms with Gasteiger partial charge in [0.15, 0.2) is 0 Å². The minimum Gasteiger partial charge on any atom is -0.383 e. The minimum absolute atomic E-state index is 0.0891. The normalized spacial score (nSPS) is 11.6. The van der Waals surface area contributed by atoms with Crippen LogP contribution in [0.3, 0.4) is 0 Å². The van der Waals surface area contributed by atoms with Crippen LogP contribution in [0, 0.1) is 5.82 Å². The molecule has 4 nitrogen and oxygen atoms in total. The van der Waals surface area contributed by atoms with Gasteiger partial charge in [0.25, 0.3) is 5.91 Å². The lowest BCUT2D eigenvalue weighted by molar-refractivity contribution is 0.0939. The molecule has 0 aliphatic rings. The Morgan fingerprint density at radius 2 is 1.81 bits per heavy atom. The van der Waals surface area contributed by atoms with Gasteiger partial charge >= 0.3 is 0 Å². The minimum atomic E-state index is -0.237. The van der Waals surface area contributed by atoms with Crippen molar-refractivity contribution < 1.29 is 9.18 Å². The third-order valence-corrected chi connectivity index (χ3v) is 4.30. The summed E-state index contributed by atoms with van der Waals surface area (Å²) in [5.41, 5.74) is 3.37. The molecular formula is C22H22FN3O. The molecule has 0 aliphatic carbocycles. The Kier molecular flexibility index (Phi) is 6.15. The van der Waals surface area contributed by atoms with Gasteiger partial charge in [0.2, 0.25) is 0 Å². The van der Waals surface area contributed by atoms with Crippen molar-refractivity contribution in [2.45, 2.75) is 19.4 Å². The number of aromatic nitrogens is 1. The zero-order valence-electron chi connectivity index (χ0n) is 15.2. The van der Waals surface area contributed by atoms with Crippen LogP contribution < -0.4 is 10.6 Å². The van der Waals surface area contributed by atoms with E-state index >= 15 is 0 Å². The fourth-order valence-electron chi connectivity index (χ4n) is 2.77. The van der Waals surface area contributed by atoms with E-state index in [2.05, 4.69) is 15.6 Å². The van der Waals surface area contributed by atoms with Gasteiger partial charge in [0.05, 0.1) is 17.3 Å². The summed E-state index contributed by atoms with van der Waals surface area (Å²) in [5.74, 6) is -0.402. The third kappa shape index (κ3) is 5.38. The van der Waals surface area contributed by atoms with Gasteiger partial charge in [-0.1, -0.05) is 42.5 Å². The lowest BCUT2D eigenvalue weighted by Crippen LogP contribution is -2.26. The molecule has 138 valence electrons. The first-order valence-electron chi connectivity index (χ1n) is 8.91. The van der Waals surface area contributed by atoms with Gasteiger partial charge in [-0.15, -0.1) is 0 Å². The molecule has 1 amide bonds. The number of halogens is 1. The van der Waals surface area contributed by atoms with Crippen LogP contribution in [0.15, 0.2) is 73.1 Å². The van der Waals surface area contributed by atoms with Crippen LogP contribution in [0.4, 0.5) is 10.1 Å². The fourth-order valence-corrected chi connectivity index (χ4v) is 2.77. The molecule has 0 saturated carbocycles. The van der Waals surface area contributed by atoms with E-state index in [9.17, 15) is 9.18 Å². The number of nitrogens with one attached hydrogen (secondary N) is 2. The summed E-state index contributed by atoms with van der Waals surface area (Å²) in [7, 11) is 0. The van der Waals surface area contributed by atoms with E-state index in [-0.39, 0.29) is 17.8 Å². The van der Waals surface area contributed by atoms with Crippen LogP contribution in [0.2, 0.25) is 0 Å². The molecule has 0 spiro atoms. The molecule has 1 atom stereocenters. The number of pyridine rings is 1. The Morgan fingerprint density at radius 3 is 2.56 bits per heavy atom. The van der Waals surface area contributed by atoms with Crippen LogP contribution in [0.25, 0.3) is 0 Å². The average molecular weight is 363 g/mol. The largest absolute Gasteiger partial charge is 0.383 e. The monoisotopic (exact) mass is 363 g/mol. The molecule has 3 rings (SSSR count). The van der Waals surface area contributed by atoms with Gasteiger partial charge in [-0.25, -0.2) is 4.39 Å². The summed E-state index contributed by atoms with van der Waals surface area (Å²) in [6, 6.07) is 17.9. The molecule has 3 aromatic rings. The Bertz CT molecular complexity index is 882. The zero-order chi connectivity index (χ0) is 19.1. The molecule has 2 aromatic carbocycles. The number of carbonyl (C=O) groups excluding carboxylic acids is 1. The van der Waals surface area contributed by atoms with Gasteiger partial charge in [-0.2, -0.15) is 0 Å². The summed E-state index contributed by atoms with van der Waals surface area (Å²) in [6.45, 7) is 2.62. The quantitative estimate of drug-likeness (QED) is 0.655. The van der Waals surface area contributed by atoms with Crippen LogP contribution >= 0.6 is 0 Å².